The highest BCUT2D eigenvalue weighted by Crippen LogP contribution is 2.27. The Morgan fingerprint density at radius 3 is 2.72 bits per heavy atom. The number of hydrogen-bond donors (Lipinski definition) is 1. The van der Waals surface area contributed by atoms with Crippen LogP contribution >= 0.6 is 0 Å². The smallest absolute Gasteiger partial charge is 0.419 e. The Balaban J connectivity index is 1.82. The van der Waals surface area contributed by atoms with E-state index in [2.05, 4.69) is 5.32 Å². The minimum atomic E-state index is -3.82. The van der Waals surface area contributed by atoms with Gasteiger partial charge in [-0.15, -0.1) is 0 Å². The molecule has 2 aromatic rings. The van der Waals surface area contributed by atoms with Crippen molar-refractivity contribution < 1.29 is 22.4 Å². The number of sulfonamides is 1. The van der Waals surface area contributed by atoms with E-state index in [-0.39, 0.29) is 23.1 Å². The van der Waals surface area contributed by atoms with E-state index in [4.69, 9.17) is 9.15 Å². The van der Waals surface area contributed by atoms with Gasteiger partial charge in [-0.1, -0.05) is 6.42 Å². The number of nitrogens with one attached hydrogen (secondary N) is 1. The van der Waals surface area contributed by atoms with Crippen molar-refractivity contribution in [3.05, 3.63) is 28.7 Å². The average molecular weight is 426 g/mol. The maximum atomic E-state index is 13.3. The van der Waals surface area contributed by atoms with E-state index in [9.17, 15) is 18.0 Å². The van der Waals surface area contributed by atoms with Gasteiger partial charge in [-0.25, -0.2) is 18.0 Å². The van der Waals surface area contributed by atoms with E-state index < -0.39 is 27.5 Å². The zero-order valence-electron chi connectivity index (χ0n) is 17.1. The van der Waals surface area contributed by atoms with E-state index in [1.54, 1.807) is 33.9 Å². The Kier molecular flexibility index (Phi) is 5.77. The summed E-state index contributed by atoms with van der Waals surface area (Å²) in [5.41, 5.74) is 0.118. The average Bonchev–Trinajstić information content (AvgIpc) is 2.92. The maximum absolute atomic E-state index is 13.3. The first-order valence-corrected chi connectivity index (χ1v) is 11.0. The minimum absolute atomic E-state index is 0.0588. The van der Waals surface area contributed by atoms with E-state index in [0.29, 0.717) is 18.5 Å². The predicted octanol–water partition coefficient (Wildman–Crippen LogP) is 2.20. The van der Waals surface area contributed by atoms with Gasteiger partial charge in [-0.05, 0) is 45.7 Å². The molecule has 1 aliphatic rings. The van der Waals surface area contributed by atoms with Crippen molar-refractivity contribution in [2.75, 3.05) is 13.1 Å². The van der Waals surface area contributed by atoms with Crippen molar-refractivity contribution in [1.29, 1.82) is 0 Å². The summed E-state index contributed by atoms with van der Waals surface area (Å²) in [5.74, 6) is -0.549. The van der Waals surface area contributed by atoms with Crippen molar-refractivity contribution in [3.8, 4) is 0 Å². The number of amides is 1. The second-order valence-electron chi connectivity index (χ2n) is 8.20. The Bertz CT molecular complexity index is 1060. The Morgan fingerprint density at radius 2 is 2.03 bits per heavy atom. The third-order valence-electron chi connectivity index (χ3n) is 4.82. The lowest BCUT2D eigenvalue weighted by molar-refractivity contribution is 0.0512. The van der Waals surface area contributed by atoms with Gasteiger partial charge in [-0.2, -0.15) is 4.31 Å². The lowest BCUT2D eigenvalue weighted by atomic mass is 10.1. The molecule has 3 rings (SSSR count). The van der Waals surface area contributed by atoms with Crippen molar-refractivity contribution in [3.63, 3.8) is 0 Å². The van der Waals surface area contributed by atoms with Crippen LogP contribution in [-0.4, -0.2) is 48.1 Å². The third-order valence-corrected chi connectivity index (χ3v) is 6.77. The summed E-state index contributed by atoms with van der Waals surface area (Å²) in [6.45, 7) is 5.82. The molecule has 1 aliphatic heterocycles. The molecule has 0 spiro atoms. The van der Waals surface area contributed by atoms with Crippen LogP contribution in [0.1, 0.15) is 40.0 Å². The SMILES string of the molecule is Cn1c(=O)oc2cc(S(=O)(=O)N3CCCCC3CNC(=O)OC(C)(C)C)ccc21. The van der Waals surface area contributed by atoms with Crippen LogP contribution in [0.3, 0.4) is 0 Å². The topological polar surface area (TPSA) is 111 Å². The fraction of sp³-hybridized carbons (Fsp3) is 0.579. The van der Waals surface area contributed by atoms with Gasteiger partial charge in [0.25, 0.3) is 0 Å². The molecule has 1 N–H and O–H groups in total. The molecule has 1 fully saturated rings. The fourth-order valence-electron chi connectivity index (χ4n) is 3.42. The number of benzene rings is 1. The van der Waals surface area contributed by atoms with Crippen LogP contribution < -0.4 is 11.1 Å². The lowest BCUT2D eigenvalue weighted by Crippen LogP contribution is -2.49. The molecule has 160 valence electrons. The van der Waals surface area contributed by atoms with E-state index in [0.717, 1.165) is 12.8 Å². The first-order valence-electron chi connectivity index (χ1n) is 9.57. The van der Waals surface area contributed by atoms with Crippen LogP contribution in [0.2, 0.25) is 0 Å². The molecule has 1 aromatic carbocycles. The molecule has 1 aromatic heterocycles. The molecule has 0 aliphatic carbocycles. The second-order valence-corrected chi connectivity index (χ2v) is 10.1. The largest absolute Gasteiger partial charge is 0.444 e. The number of carbonyl (C=O) groups excluding carboxylic acids is 1. The van der Waals surface area contributed by atoms with Gasteiger partial charge in [0.1, 0.15) is 5.60 Å². The number of aromatic nitrogens is 1. The van der Waals surface area contributed by atoms with E-state index in [1.807, 2.05) is 0 Å². The van der Waals surface area contributed by atoms with Gasteiger partial charge in [-0.3, -0.25) is 4.57 Å². The number of hydrogen-bond acceptors (Lipinski definition) is 6. The molecule has 1 atom stereocenters. The minimum Gasteiger partial charge on any atom is -0.444 e. The second kappa shape index (κ2) is 7.83. The molecule has 1 saturated heterocycles. The molecular weight excluding hydrogens is 398 g/mol. The van der Waals surface area contributed by atoms with Crippen LogP contribution in [0.5, 0.6) is 0 Å². The van der Waals surface area contributed by atoms with Crippen molar-refractivity contribution in [2.45, 2.75) is 56.6 Å². The monoisotopic (exact) mass is 425 g/mol. The van der Waals surface area contributed by atoms with E-state index in [1.165, 1.54) is 21.0 Å². The number of fused-ring (bicyclic) bond motifs is 1. The van der Waals surface area contributed by atoms with Gasteiger partial charge >= 0.3 is 11.8 Å². The molecule has 10 heteroatoms. The summed E-state index contributed by atoms with van der Waals surface area (Å²) in [5, 5.41) is 2.67. The molecule has 9 nitrogen and oxygen atoms in total. The predicted molar refractivity (Wildman–Crippen MR) is 107 cm³/mol. The van der Waals surface area contributed by atoms with Gasteiger partial charge in [0.05, 0.1) is 10.4 Å². The molecule has 2 heterocycles. The summed E-state index contributed by atoms with van der Waals surface area (Å²) >= 11 is 0. The van der Waals surface area contributed by atoms with Crippen molar-refractivity contribution in [2.24, 2.45) is 7.05 Å². The van der Waals surface area contributed by atoms with Gasteiger partial charge in [0.2, 0.25) is 10.0 Å². The van der Waals surface area contributed by atoms with Crippen molar-refractivity contribution in [1.82, 2.24) is 14.2 Å². The van der Waals surface area contributed by atoms with Gasteiger partial charge in [0, 0.05) is 32.2 Å². The zero-order valence-corrected chi connectivity index (χ0v) is 17.9. The summed E-state index contributed by atoms with van der Waals surface area (Å²) in [4.78, 5) is 23.7. The Morgan fingerprint density at radius 1 is 1.31 bits per heavy atom. The maximum Gasteiger partial charge on any atom is 0.419 e. The normalized spacial score (nSPS) is 18.7. The highest BCUT2D eigenvalue weighted by molar-refractivity contribution is 7.89. The number of ether oxygens (including phenoxy) is 1. The van der Waals surface area contributed by atoms with Gasteiger partial charge < -0.3 is 14.5 Å². The van der Waals surface area contributed by atoms with Crippen LogP contribution in [0.25, 0.3) is 11.1 Å². The number of aryl methyl sites for hydroxylation is 1. The lowest BCUT2D eigenvalue weighted by Gasteiger charge is -2.34. The molecule has 1 amide bonds. The number of carbonyl (C=O) groups is 1. The highest BCUT2D eigenvalue weighted by atomic mass is 32.2. The first-order chi connectivity index (χ1) is 13.5. The van der Waals surface area contributed by atoms with Crippen LogP contribution in [0.15, 0.2) is 32.3 Å². The standard InChI is InChI=1S/C19H27N3O6S/c1-19(2,3)28-17(23)20-12-13-7-5-6-10-22(13)29(25,26)14-8-9-15-16(11-14)27-18(24)21(15)4/h8-9,11,13H,5-7,10,12H2,1-4H3,(H,20,23). The first kappa shape index (κ1) is 21.4. The summed E-state index contributed by atoms with van der Waals surface area (Å²) in [6.07, 6.45) is 1.68. The number of piperidine rings is 1. The molecule has 0 bridgehead atoms. The van der Waals surface area contributed by atoms with Crippen LogP contribution in [0, 0.1) is 0 Å². The molecule has 0 saturated carbocycles. The summed E-state index contributed by atoms with van der Waals surface area (Å²) in [7, 11) is -2.26. The highest BCUT2D eigenvalue weighted by Gasteiger charge is 2.34. The zero-order chi connectivity index (χ0) is 21.4. The molecule has 0 radical (unpaired) electrons. The Hall–Kier alpha value is -2.33. The Labute approximate surface area is 169 Å². The van der Waals surface area contributed by atoms with Crippen LogP contribution in [0.4, 0.5) is 4.79 Å². The molecular formula is C19H27N3O6S. The fourth-order valence-corrected chi connectivity index (χ4v) is 5.13. The summed E-state index contributed by atoms with van der Waals surface area (Å²) < 4.78 is 39.6. The third kappa shape index (κ3) is 4.64. The van der Waals surface area contributed by atoms with Crippen LogP contribution in [-0.2, 0) is 21.8 Å². The summed E-state index contributed by atoms with van der Waals surface area (Å²) in [6, 6.07) is 4.03. The number of alkyl carbamates (subject to hydrolysis) is 1. The van der Waals surface area contributed by atoms with E-state index >= 15 is 0 Å². The van der Waals surface area contributed by atoms with Crippen molar-refractivity contribution >= 4 is 27.2 Å². The number of nitrogens with zero attached hydrogens (tertiary/aromatic N) is 2. The van der Waals surface area contributed by atoms with Gasteiger partial charge in [0.15, 0.2) is 5.58 Å². The number of oxazole rings is 1. The quantitative estimate of drug-likeness (QED) is 0.804. The molecule has 29 heavy (non-hydrogen) atoms. The number of rotatable bonds is 4. The molecule has 1 unspecified atom stereocenters.